The smallest absolute Gasteiger partial charge is 0.227 e. The molecule has 2 aliphatic heterocycles. The number of hydrogen-bond donors (Lipinski definition) is 0. The van der Waals surface area contributed by atoms with E-state index in [2.05, 4.69) is 0 Å². The Kier molecular flexibility index (Phi) is 3.70. The van der Waals surface area contributed by atoms with E-state index in [4.69, 9.17) is 0 Å². The van der Waals surface area contributed by atoms with Crippen LogP contribution in [0, 0.1) is 5.41 Å². The van der Waals surface area contributed by atoms with Crippen LogP contribution in [-0.4, -0.2) is 47.8 Å². The van der Waals surface area contributed by atoms with Gasteiger partial charge >= 0.3 is 0 Å². The molecule has 1 spiro atoms. The fourth-order valence-corrected chi connectivity index (χ4v) is 3.43. The van der Waals surface area contributed by atoms with Crippen LogP contribution >= 0.6 is 0 Å². The number of hydrogen-bond acceptors (Lipinski definition) is 2. The van der Waals surface area contributed by atoms with Gasteiger partial charge in [-0.15, -0.1) is 0 Å². The summed E-state index contributed by atoms with van der Waals surface area (Å²) in [5, 5.41) is 0. The monoisotopic (exact) mass is 286 g/mol. The van der Waals surface area contributed by atoms with Gasteiger partial charge in [0.15, 0.2) is 0 Å². The average molecular weight is 286 g/mol. The number of carbonyl (C=O) groups is 2. The summed E-state index contributed by atoms with van der Waals surface area (Å²) in [6, 6.07) is 9.91. The lowest BCUT2D eigenvalue weighted by Crippen LogP contribution is -2.62. The Labute approximate surface area is 125 Å². The van der Waals surface area contributed by atoms with E-state index in [1.54, 1.807) is 6.92 Å². The lowest BCUT2D eigenvalue weighted by molar-refractivity contribution is -0.149. The summed E-state index contributed by atoms with van der Waals surface area (Å²) in [6.45, 7) is 5.05. The Morgan fingerprint density at radius 1 is 1.05 bits per heavy atom. The van der Waals surface area contributed by atoms with Crippen molar-refractivity contribution in [2.24, 2.45) is 5.41 Å². The summed E-state index contributed by atoms with van der Waals surface area (Å²) in [7, 11) is 0. The third-order valence-electron chi connectivity index (χ3n) is 4.87. The molecule has 2 fully saturated rings. The number of amides is 2. The van der Waals surface area contributed by atoms with Crippen molar-refractivity contribution in [2.45, 2.75) is 26.2 Å². The van der Waals surface area contributed by atoms with E-state index in [1.165, 1.54) is 0 Å². The van der Waals surface area contributed by atoms with Gasteiger partial charge in [0.05, 0.1) is 6.42 Å². The first-order chi connectivity index (χ1) is 10.1. The first kappa shape index (κ1) is 14.1. The lowest BCUT2D eigenvalue weighted by atomic mass is 9.72. The van der Waals surface area contributed by atoms with Gasteiger partial charge in [-0.3, -0.25) is 9.59 Å². The minimum Gasteiger partial charge on any atom is -0.343 e. The average Bonchev–Trinajstić information content (AvgIpc) is 2.45. The molecular weight excluding hydrogens is 264 g/mol. The molecule has 3 rings (SSSR count). The van der Waals surface area contributed by atoms with Crippen molar-refractivity contribution in [1.82, 2.24) is 9.80 Å². The van der Waals surface area contributed by atoms with Crippen LogP contribution in [-0.2, 0) is 16.0 Å². The minimum atomic E-state index is 0.168. The Hall–Kier alpha value is -1.84. The molecule has 0 radical (unpaired) electrons. The molecule has 0 N–H and O–H groups in total. The van der Waals surface area contributed by atoms with E-state index in [0.29, 0.717) is 6.42 Å². The van der Waals surface area contributed by atoms with Gasteiger partial charge in [0.1, 0.15) is 0 Å². The molecule has 2 saturated heterocycles. The van der Waals surface area contributed by atoms with Crippen molar-refractivity contribution in [3.05, 3.63) is 35.9 Å². The first-order valence-electron chi connectivity index (χ1n) is 7.65. The topological polar surface area (TPSA) is 40.6 Å². The third kappa shape index (κ3) is 2.94. The second-order valence-corrected chi connectivity index (χ2v) is 6.42. The molecule has 0 atom stereocenters. The molecule has 4 nitrogen and oxygen atoms in total. The number of rotatable bonds is 2. The molecular formula is C17H22N2O2. The zero-order valence-corrected chi connectivity index (χ0v) is 12.5. The maximum atomic E-state index is 12.3. The Bertz CT molecular complexity index is 525. The summed E-state index contributed by atoms with van der Waals surface area (Å²) in [6.07, 6.45) is 2.56. The molecule has 0 unspecified atom stereocenters. The molecule has 0 aromatic heterocycles. The highest BCUT2D eigenvalue weighted by molar-refractivity contribution is 5.79. The highest BCUT2D eigenvalue weighted by atomic mass is 16.2. The van der Waals surface area contributed by atoms with Crippen molar-refractivity contribution < 1.29 is 9.59 Å². The van der Waals surface area contributed by atoms with Crippen LogP contribution in [0.5, 0.6) is 0 Å². The quantitative estimate of drug-likeness (QED) is 0.830. The standard InChI is InChI=1S/C17H22N2O2/c1-14(20)18-9-7-17(8-10-18)12-19(13-17)16(21)11-15-5-3-2-4-6-15/h2-6H,7-13H2,1H3. The SMILES string of the molecule is CC(=O)N1CCC2(CC1)CN(C(=O)Cc1ccccc1)C2. The molecule has 1 aromatic carbocycles. The maximum Gasteiger partial charge on any atom is 0.227 e. The van der Waals surface area contributed by atoms with Crippen LogP contribution in [0.25, 0.3) is 0 Å². The predicted octanol–water partition coefficient (Wildman–Crippen LogP) is 1.70. The molecule has 0 saturated carbocycles. The van der Waals surface area contributed by atoms with Crippen LogP contribution < -0.4 is 0 Å². The van der Waals surface area contributed by atoms with Gasteiger partial charge < -0.3 is 9.80 Å². The molecule has 0 bridgehead atoms. The van der Waals surface area contributed by atoms with Crippen molar-refractivity contribution in [1.29, 1.82) is 0 Å². The van der Waals surface area contributed by atoms with Crippen LogP contribution in [0.1, 0.15) is 25.3 Å². The van der Waals surface area contributed by atoms with Crippen molar-refractivity contribution in [3.8, 4) is 0 Å². The van der Waals surface area contributed by atoms with Crippen LogP contribution in [0.2, 0.25) is 0 Å². The van der Waals surface area contributed by atoms with Gasteiger partial charge in [0.2, 0.25) is 11.8 Å². The molecule has 21 heavy (non-hydrogen) atoms. The number of benzene rings is 1. The summed E-state index contributed by atoms with van der Waals surface area (Å²) >= 11 is 0. The van der Waals surface area contributed by atoms with E-state index in [1.807, 2.05) is 40.1 Å². The number of carbonyl (C=O) groups excluding carboxylic acids is 2. The summed E-state index contributed by atoms with van der Waals surface area (Å²) in [5.41, 5.74) is 1.35. The second-order valence-electron chi connectivity index (χ2n) is 6.42. The Morgan fingerprint density at radius 2 is 1.67 bits per heavy atom. The van der Waals surface area contributed by atoms with Gasteiger partial charge in [-0.1, -0.05) is 30.3 Å². The minimum absolute atomic E-state index is 0.168. The molecule has 2 heterocycles. The molecule has 4 heteroatoms. The summed E-state index contributed by atoms with van der Waals surface area (Å²) < 4.78 is 0. The summed E-state index contributed by atoms with van der Waals surface area (Å²) in [4.78, 5) is 27.5. The molecule has 1 aromatic rings. The normalized spacial score (nSPS) is 20.2. The van der Waals surface area contributed by atoms with E-state index in [-0.39, 0.29) is 17.2 Å². The third-order valence-corrected chi connectivity index (χ3v) is 4.87. The maximum absolute atomic E-state index is 12.3. The Balaban J connectivity index is 1.49. The van der Waals surface area contributed by atoms with Crippen molar-refractivity contribution in [2.75, 3.05) is 26.2 Å². The lowest BCUT2D eigenvalue weighted by Gasteiger charge is -2.54. The fourth-order valence-electron chi connectivity index (χ4n) is 3.43. The highest BCUT2D eigenvalue weighted by Crippen LogP contribution is 2.40. The van der Waals surface area contributed by atoms with Crippen LogP contribution in [0.4, 0.5) is 0 Å². The molecule has 2 amide bonds. The van der Waals surface area contributed by atoms with Gasteiger partial charge in [-0.2, -0.15) is 0 Å². The Morgan fingerprint density at radius 3 is 2.24 bits per heavy atom. The molecule has 112 valence electrons. The van der Waals surface area contributed by atoms with Crippen LogP contribution in [0.15, 0.2) is 30.3 Å². The molecule has 2 aliphatic rings. The zero-order chi connectivity index (χ0) is 14.9. The fraction of sp³-hybridized carbons (Fsp3) is 0.529. The largest absolute Gasteiger partial charge is 0.343 e. The van der Waals surface area contributed by atoms with Gasteiger partial charge in [0, 0.05) is 38.5 Å². The number of likely N-dealkylation sites (tertiary alicyclic amines) is 2. The van der Waals surface area contributed by atoms with Crippen LogP contribution in [0.3, 0.4) is 0 Å². The highest BCUT2D eigenvalue weighted by Gasteiger charge is 2.46. The second kappa shape index (κ2) is 5.51. The van der Waals surface area contributed by atoms with E-state index in [0.717, 1.165) is 44.6 Å². The van der Waals surface area contributed by atoms with E-state index in [9.17, 15) is 9.59 Å². The summed E-state index contributed by atoms with van der Waals surface area (Å²) in [5.74, 6) is 0.391. The van der Waals surface area contributed by atoms with Crippen molar-refractivity contribution >= 4 is 11.8 Å². The first-order valence-corrected chi connectivity index (χ1v) is 7.65. The predicted molar refractivity (Wildman–Crippen MR) is 80.6 cm³/mol. The number of piperidine rings is 1. The van der Waals surface area contributed by atoms with Gasteiger partial charge in [-0.25, -0.2) is 0 Å². The van der Waals surface area contributed by atoms with E-state index >= 15 is 0 Å². The number of nitrogens with zero attached hydrogens (tertiary/aromatic N) is 2. The van der Waals surface area contributed by atoms with Gasteiger partial charge in [-0.05, 0) is 18.4 Å². The van der Waals surface area contributed by atoms with Gasteiger partial charge in [0.25, 0.3) is 0 Å². The molecule has 0 aliphatic carbocycles. The van der Waals surface area contributed by atoms with Crippen molar-refractivity contribution in [3.63, 3.8) is 0 Å². The zero-order valence-electron chi connectivity index (χ0n) is 12.5. The van der Waals surface area contributed by atoms with E-state index < -0.39 is 0 Å².